The van der Waals surface area contributed by atoms with Crippen LogP contribution in [0.1, 0.15) is 23.8 Å². The number of benzene rings is 2. The third kappa shape index (κ3) is 4.92. The summed E-state index contributed by atoms with van der Waals surface area (Å²) in [5.41, 5.74) is 3.43. The lowest BCUT2D eigenvalue weighted by atomic mass is 10.0. The molecule has 0 saturated heterocycles. The Morgan fingerprint density at radius 3 is 2.45 bits per heavy atom. The molecule has 162 valence electrons. The monoisotopic (exact) mass is 483 g/mol. The highest BCUT2D eigenvalue weighted by Crippen LogP contribution is 2.39. The Bertz CT molecular complexity index is 1160. The Morgan fingerprint density at radius 1 is 1.06 bits per heavy atom. The van der Waals surface area contributed by atoms with Crippen molar-refractivity contribution in [2.24, 2.45) is 4.99 Å². The van der Waals surface area contributed by atoms with Crippen LogP contribution >= 0.6 is 34.5 Å². The van der Waals surface area contributed by atoms with Crippen LogP contribution in [0.2, 0.25) is 10.0 Å². The average molecular weight is 484 g/mol. The van der Waals surface area contributed by atoms with E-state index in [4.69, 9.17) is 24.6 Å². The van der Waals surface area contributed by atoms with Gasteiger partial charge in [0.1, 0.15) is 5.00 Å². The van der Waals surface area contributed by atoms with Gasteiger partial charge in [-0.25, -0.2) is 0 Å². The zero-order valence-corrected chi connectivity index (χ0v) is 18.8. The Kier molecular flexibility index (Phi) is 5.95. The SMILES string of the molecule is [2H]C1=NC(C(F)(F)F)N(CCCc2ccc(-c3ccc(Cl)c(Cl)c3)cc2)c2sc(C)cc21. The van der Waals surface area contributed by atoms with E-state index in [1.165, 1.54) is 16.2 Å². The van der Waals surface area contributed by atoms with E-state index in [0.29, 0.717) is 33.5 Å². The van der Waals surface area contributed by atoms with Gasteiger partial charge in [-0.2, -0.15) is 13.2 Å². The van der Waals surface area contributed by atoms with E-state index in [9.17, 15) is 13.2 Å². The van der Waals surface area contributed by atoms with Gasteiger partial charge in [-0.1, -0.05) is 53.5 Å². The van der Waals surface area contributed by atoms with Crippen LogP contribution in [-0.2, 0) is 6.42 Å². The van der Waals surface area contributed by atoms with E-state index in [2.05, 4.69) is 4.99 Å². The van der Waals surface area contributed by atoms with Crippen molar-refractivity contribution in [3.8, 4) is 11.1 Å². The summed E-state index contributed by atoms with van der Waals surface area (Å²) < 4.78 is 48.8. The summed E-state index contributed by atoms with van der Waals surface area (Å²) in [5, 5.41) is 1.45. The van der Waals surface area contributed by atoms with Gasteiger partial charge in [0, 0.05) is 23.2 Å². The lowest BCUT2D eigenvalue weighted by molar-refractivity contribution is -0.146. The largest absolute Gasteiger partial charge is 0.429 e. The van der Waals surface area contributed by atoms with Crippen LogP contribution < -0.4 is 4.90 Å². The number of rotatable bonds is 5. The molecule has 0 spiro atoms. The molecule has 0 radical (unpaired) electrons. The van der Waals surface area contributed by atoms with Gasteiger partial charge < -0.3 is 4.90 Å². The molecule has 4 rings (SSSR count). The minimum absolute atomic E-state index is 0.197. The number of thiophene rings is 1. The molecule has 0 N–H and O–H groups in total. The minimum atomic E-state index is -4.54. The molecule has 0 saturated carbocycles. The molecule has 31 heavy (non-hydrogen) atoms. The van der Waals surface area contributed by atoms with Gasteiger partial charge in [-0.15, -0.1) is 11.3 Å². The first kappa shape index (κ1) is 20.9. The fourth-order valence-electron chi connectivity index (χ4n) is 3.57. The summed E-state index contributed by atoms with van der Waals surface area (Å²) in [7, 11) is 0. The molecule has 0 bridgehead atoms. The average Bonchev–Trinajstić information content (AvgIpc) is 3.13. The first-order valence-electron chi connectivity index (χ1n) is 10.2. The Balaban J connectivity index is 1.46. The number of halogens is 5. The molecule has 2 aromatic carbocycles. The number of fused-ring (bicyclic) bond motifs is 1. The van der Waals surface area contributed by atoms with Crippen molar-refractivity contribution in [3.63, 3.8) is 0 Å². The van der Waals surface area contributed by atoms with Crippen molar-refractivity contribution in [3.05, 3.63) is 74.6 Å². The summed E-state index contributed by atoms with van der Waals surface area (Å²) in [6.45, 7) is 2.02. The molecule has 8 heteroatoms. The van der Waals surface area contributed by atoms with E-state index in [1.54, 1.807) is 18.2 Å². The number of aryl methyl sites for hydroxylation is 2. The van der Waals surface area contributed by atoms with Crippen LogP contribution in [0, 0.1) is 6.92 Å². The van der Waals surface area contributed by atoms with Gasteiger partial charge in [0.25, 0.3) is 0 Å². The van der Waals surface area contributed by atoms with Crippen LogP contribution in [0.25, 0.3) is 11.1 Å². The van der Waals surface area contributed by atoms with E-state index >= 15 is 0 Å². The molecule has 1 aromatic heterocycles. The second-order valence-electron chi connectivity index (χ2n) is 7.35. The van der Waals surface area contributed by atoms with Crippen LogP contribution in [0.15, 0.2) is 53.5 Å². The molecule has 1 aliphatic heterocycles. The lowest BCUT2D eigenvalue weighted by Crippen LogP contribution is -2.46. The lowest BCUT2D eigenvalue weighted by Gasteiger charge is -2.34. The Morgan fingerprint density at radius 2 is 1.77 bits per heavy atom. The smallest absolute Gasteiger partial charge is 0.334 e. The minimum Gasteiger partial charge on any atom is -0.334 e. The number of nitrogens with zero attached hydrogens (tertiary/aromatic N) is 2. The summed E-state index contributed by atoms with van der Waals surface area (Å²) in [6, 6.07) is 15.0. The van der Waals surface area contributed by atoms with Crippen molar-refractivity contribution >= 4 is 45.7 Å². The van der Waals surface area contributed by atoms with E-state index < -0.39 is 12.3 Å². The fraction of sp³-hybridized carbons (Fsp3) is 0.261. The third-order valence-electron chi connectivity index (χ3n) is 5.06. The molecule has 2 heterocycles. The van der Waals surface area contributed by atoms with Crippen LogP contribution in [0.4, 0.5) is 18.2 Å². The fourth-order valence-corrected chi connectivity index (χ4v) is 4.88. The van der Waals surface area contributed by atoms with Crippen molar-refractivity contribution in [2.45, 2.75) is 32.1 Å². The van der Waals surface area contributed by atoms with E-state index in [-0.39, 0.29) is 12.7 Å². The van der Waals surface area contributed by atoms with Crippen LogP contribution in [0.5, 0.6) is 0 Å². The Labute approximate surface area is 194 Å². The molecule has 3 aromatic rings. The number of hydrogen-bond acceptors (Lipinski definition) is 3. The van der Waals surface area contributed by atoms with Crippen molar-refractivity contribution < 1.29 is 14.5 Å². The van der Waals surface area contributed by atoms with Gasteiger partial charge >= 0.3 is 6.18 Å². The third-order valence-corrected chi connectivity index (χ3v) is 6.89. The number of anilines is 1. The van der Waals surface area contributed by atoms with Crippen molar-refractivity contribution in [2.75, 3.05) is 11.4 Å². The molecule has 0 amide bonds. The quantitative estimate of drug-likeness (QED) is 0.361. The molecule has 0 fully saturated rings. The zero-order chi connectivity index (χ0) is 23.0. The summed E-state index contributed by atoms with van der Waals surface area (Å²) in [4.78, 5) is 5.79. The second kappa shape index (κ2) is 8.85. The molecule has 1 aliphatic rings. The van der Waals surface area contributed by atoms with Crippen molar-refractivity contribution in [1.29, 1.82) is 0 Å². The molecule has 0 aliphatic carbocycles. The highest BCUT2D eigenvalue weighted by Gasteiger charge is 2.45. The molecular formula is C23H19Cl2F3N2S. The summed E-state index contributed by atoms with van der Waals surface area (Å²) in [6.07, 6.45) is -5.71. The predicted octanol–water partition coefficient (Wildman–Crippen LogP) is 7.79. The highest BCUT2D eigenvalue weighted by atomic mass is 35.5. The first-order valence-corrected chi connectivity index (χ1v) is 11.2. The normalized spacial score (nSPS) is 16.7. The maximum absolute atomic E-state index is 13.6. The van der Waals surface area contributed by atoms with Crippen molar-refractivity contribution in [1.82, 2.24) is 0 Å². The Hall–Kier alpha value is -2.02. The van der Waals surface area contributed by atoms with Crippen LogP contribution in [-0.4, -0.2) is 25.1 Å². The molecule has 2 nitrogen and oxygen atoms in total. The van der Waals surface area contributed by atoms with Gasteiger partial charge in [0.15, 0.2) is 0 Å². The maximum Gasteiger partial charge on any atom is 0.429 e. The van der Waals surface area contributed by atoms with Gasteiger partial charge in [0.2, 0.25) is 6.17 Å². The molecule has 1 atom stereocenters. The molecule has 1 unspecified atom stereocenters. The number of hydrogen-bond donors (Lipinski definition) is 0. The second-order valence-corrected chi connectivity index (χ2v) is 9.40. The van der Waals surface area contributed by atoms with Crippen LogP contribution in [0.3, 0.4) is 0 Å². The van der Waals surface area contributed by atoms with Gasteiger partial charge in [0.05, 0.1) is 11.4 Å². The van der Waals surface area contributed by atoms with Gasteiger partial charge in [-0.05, 0) is 54.7 Å². The summed E-state index contributed by atoms with van der Waals surface area (Å²) in [5.74, 6) is 0. The first-order chi connectivity index (χ1) is 15.1. The van der Waals surface area contributed by atoms with E-state index in [0.717, 1.165) is 21.6 Å². The zero-order valence-electron chi connectivity index (χ0n) is 17.5. The summed E-state index contributed by atoms with van der Waals surface area (Å²) >= 11 is 13.3. The maximum atomic E-state index is 13.6. The number of aliphatic imine (C=N–C) groups is 1. The van der Waals surface area contributed by atoms with Gasteiger partial charge in [-0.3, -0.25) is 4.99 Å². The predicted molar refractivity (Wildman–Crippen MR) is 124 cm³/mol. The standard InChI is InChI=1S/C23H19Cl2F3N2S/c1-14-11-18-13-29-22(23(26,27)28)30(21(18)31-14)10-2-3-15-4-6-16(7-5-15)17-8-9-19(24)20(25)12-17/h4-9,11-13,22H,2-3,10H2,1H3/i13D. The highest BCUT2D eigenvalue weighted by molar-refractivity contribution is 7.16. The topological polar surface area (TPSA) is 15.6 Å². The number of alkyl halides is 3. The molecular weight excluding hydrogens is 464 g/mol. The van der Waals surface area contributed by atoms with E-state index in [1.807, 2.05) is 37.3 Å².